The molecule has 0 N–H and O–H groups in total. The predicted octanol–water partition coefficient (Wildman–Crippen LogP) is 3.99. The number of carbonyl (C=O) groups excluding carboxylic acids is 2. The molecule has 2 unspecified atom stereocenters. The molecule has 1 saturated carbocycles. The third-order valence-corrected chi connectivity index (χ3v) is 4.72. The van der Waals surface area contributed by atoms with Crippen LogP contribution in [0.1, 0.15) is 56.3 Å². The van der Waals surface area contributed by atoms with E-state index in [0.29, 0.717) is 24.3 Å². The lowest BCUT2D eigenvalue weighted by Gasteiger charge is -2.32. The highest BCUT2D eigenvalue weighted by molar-refractivity contribution is 5.90. The van der Waals surface area contributed by atoms with E-state index in [1.165, 1.54) is 7.11 Å². The van der Waals surface area contributed by atoms with Gasteiger partial charge in [-0.25, -0.2) is 4.79 Å². The third-order valence-electron chi connectivity index (χ3n) is 4.72. The zero-order valence-corrected chi connectivity index (χ0v) is 14.2. The van der Waals surface area contributed by atoms with Gasteiger partial charge in [-0.1, -0.05) is 32.0 Å². The molecule has 23 heavy (non-hydrogen) atoms. The molecule has 4 heteroatoms. The molecule has 4 nitrogen and oxygen atoms in total. The maximum atomic E-state index is 12.5. The van der Waals surface area contributed by atoms with Crippen LogP contribution in [0, 0.1) is 11.3 Å². The van der Waals surface area contributed by atoms with E-state index in [-0.39, 0.29) is 11.9 Å². The lowest BCUT2D eigenvalue weighted by Crippen LogP contribution is -2.42. The van der Waals surface area contributed by atoms with Crippen molar-refractivity contribution >= 4 is 11.9 Å². The summed E-state index contributed by atoms with van der Waals surface area (Å²) in [5, 5.41) is 0. The number of benzene rings is 1. The highest BCUT2D eigenvalue weighted by Crippen LogP contribution is 2.46. The van der Waals surface area contributed by atoms with Crippen molar-refractivity contribution in [2.75, 3.05) is 7.11 Å². The lowest BCUT2D eigenvalue weighted by molar-refractivity contribution is -0.159. The van der Waals surface area contributed by atoms with Gasteiger partial charge in [-0.15, -0.1) is 0 Å². The van der Waals surface area contributed by atoms with Crippen molar-refractivity contribution in [1.29, 1.82) is 0 Å². The Morgan fingerprint density at radius 2 is 1.96 bits per heavy atom. The molecule has 0 radical (unpaired) electrons. The third kappa shape index (κ3) is 3.92. The molecular formula is C19H26O4. The quantitative estimate of drug-likeness (QED) is 0.744. The number of methoxy groups -OCH3 is 1. The number of rotatable bonds is 6. The van der Waals surface area contributed by atoms with Gasteiger partial charge in [-0.3, -0.25) is 4.79 Å². The fraction of sp³-hybridized carbons (Fsp3) is 0.579. The molecule has 2 rings (SSSR count). The molecule has 1 fully saturated rings. The summed E-state index contributed by atoms with van der Waals surface area (Å²) in [5.41, 5.74) is -0.175. The summed E-state index contributed by atoms with van der Waals surface area (Å²) >= 11 is 0. The Kier molecular flexibility index (Phi) is 5.80. The van der Waals surface area contributed by atoms with Gasteiger partial charge < -0.3 is 9.47 Å². The molecule has 2 atom stereocenters. The molecule has 1 aliphatic carbocycles. The number of hydrogen-bond donors (Lipinski definition) is 0. The van der Waals surface area contributed by atoms with Crippen molar-refractivity contribution in [3.8, 4) is 0 Å². The molecular weight excluding hydrogens is 292 g/mol. The second kappa shape index (κ2) is 7.62. The summed E-state index contributed by atoms with van der Waals surface area (Å²) in [5.74, 6) is -0.126. The molecule has 0 spiro atoms. The van der Waals surface area contributed by atoms with Gasteiger partial charge in [0.1, 0.15) is 11.5 Å². The van der Waals surface area contributed by atoms with Crippen LogP contribution in [0.3, 0.4) is 0 Å². The smallest absolute Gasteiger partial charge is 0.338 e. The van der Waals surface area contributed by atoms with Gasteiger partial charge in [-0.05, 0) is 50.2 Å². The summed E-state index contributed by atoms with van der Waals surface area (Å²) in [6.07, 6.45) is 3.52. The van der Waals surface area contributed by atoms with Gasteiger partial charge >= 0.3 is 11.9 Å². The first-order chi connectivity index (χ1) is 11.0. The maximum Gasteiger partial charge on any atom is 0.338 e. The fourth-order valence-electron chi connectivity index (χ4n) is 3.35. The van der Waals surface area contributed by atoms with Crippen LogP contribution in [0.2, 0.25) is 0 Å². The SMILES string of the molecule is COC(=O)C1(CCC(C)C)CCCC1OC(=O)c1ccccc1. The Morgan fingerprint density at radius 1 is 1.26 bits per heavy atom. The number of carbonyl (C=O) groups is 2. The fourth-order valence-corrected chi connectivity index (χ4v) is 3.35. The first-order valence-electron chi connectivity index (χ1n) is 8.34. The van der Waals surface area contributed by atoms with Crippen molar-refractivity contribution in [1.82, 2.24) is 0 Å². The first kappa shape index (κ1) is 17.5. The van der Waals surface area contributed by atoms with Crippen LogP contribution in [0.25, 0.3) is 0 Å². The van der Waals surface area contributed by atoms with Crippen LogP contribution in [0.15, 0.2) is 30.3 Å². The summed E-state index contributed by atoms with van der Waals surface area (Å²) in [6.45, 7) is 4.26. The monoisotopic (exact) mass is 318 g/mol. The Hall–Kier alpha value is -1.84. The number of esters is 2. The number of hydrogen-bond acceptors (Lipinski definition) is 4. The molecule has 0 amide bonds. The average molecular weight is 318 g/mol. The van der Waals surface area contributed by atoms with Crippen molar-refractivity contribution in [2.45, 2.75) is 52.1 Å². The van der Waals surface area contributed by atoms with E-state index < -0.39 is 11.5 Å². The van der Waals surface area contributed by atoms with Crippen molar-refractivity contribution < 1.29 is 19.1 Å². The minimum Gasteiger partial charge on any atom is -0.468 e. The Morgan fingerprint density at radius 3 is 2.57 bits per heavy atom. The lowest BCUT2D eigenvalue weighted by atomic mass is 9.78. The van der Waals surface area contributed by atoms with E-state index >= 15 is 0 Å². The normalized spacial score (nSPS) is 23.7. The second-order valence-corrected chi connectivity index (χ2v) is 6.73. The minimum atomic E-state index is -0.691. The van der Waals surface area contributed by atoms with Gasteiger partial charge in [0, 0.05) is 0 Å². The van der Waals surface area contributed by atoms with Crippen LogP contribution in [0.5, 0.6) is 0 Å². The standard InChI is InChI=1S/C19H26O4/c1-14(2)11-13-19(18(21)22-3)12-7-10-16(19)23-17(20)15-8-5-4-6-9-15/h4-6,8-9,14,16H,7,10-13H2,1-3H3. The first-order valence-corrected chi connectivity index (χ1v) is 8.34. The van der Waals surface area contributed by atoms with E-state index in [1.54, 1.807) is 24.3 Å². The Balaban J connectivity index is 2.17. The van der Waals surface area contributed by atoms with Gasteiger partial charge in [0.05, 0.1) is 12.7 Å². The summed E-state index contributed by atoms with van der Waals surface area (Å²) in [7, 11) is 1.41. The summed E-state index contributed by atoms with van der Waals surface area (Å²) < 4.78 is 10.8. The zero-order valence-electron chi connectivity index (χ0n) is 14.2. The van der Waals surface area contributed by atoms with Crippen LogP contribution >= 0.6 is 0 Å². The van der Waals surface area contributed by atoms with E-state index in [2.05, 4.69) is 13.8 Å². The second-order valence-electron chi connectivity index (χ2n) is 6.73. The molecule has 1 aromatic rings. The Labute approximate surface area is 138 Å². The average Bonchev–Trinajstić information content (AvgIpc) is 2.96. The van der Waals surface area contributed by atoms with E-state index in [9.17, 15) is 9.59 Å². The van der Waals surface area contributed by atoms with Crippen LogP contribution in [-0.2, 0) is 14.3 Å². The summed E-state index contributed by atoms with van der Waals surface area (Å²) in [4.78, 5) is 24.8. The predicted molar refractivity (Wildman–Crippen MR) is 88.0 cm³/mol. The molecule has 1 aliphatic rings. The van der Waals surface area contributed by atoms with Crippen LogP contribution < -0.4 is 0 Å². The molecule has 0 saturated heterocycles. The summed E-state index contributed by atoms with van der Waals surface area (Å²) in [6, 6.07) is 8.92. The van der Waals surface area contributed by atoms with Crippen molar-refractivity contribution in [3.05, 3.63) is 35.9 Å². The van der Waals surface area contributed by atoms with Crippen LogP contribution in [-0.4, -0.2) is 25.2 Å². The van der Waals surface area contributed by atoms with E-state index in [1.807, 2.05) is 6.07 Å². The van der Waals surface area contributed by atoms with Crippen molar-refractivity contribution in [3.63, 3.8) is 0 Å². The maximum absolute atomic E-state index is 12.5. The number of ether oxygens (including phenoxy) is 2. The van der Waals surface area contributed by atoms with Crippen molar-refractivity contribution in [2.24, 2.45) is 11.3 Å². The zero-order chi connectivity index (χ0) is 16.9. The van der Waals surface area contributed by atoms with E-state index in [0.717, 1.165) is 19.3 Å². The highest BCUT2D eigenvalue weighted by Gasteiger charge is 2.51. The van der Waals surface area contributed by atoms with Gasteiger partial charge in [0.2, 0.25) is 0 Å². The molecule has 0 heterocycles. The Bertz CT molecular complexity index is 538. The van der Waals surface area contributed by atoms with Gasteiger partial charge in [0.15, 0.2) is 0 Å². The topological polar surface area (TPSA) is 52.6 Å². The highest BCUT2D eigenvalue weighted by atomic mass is 16.6. The largest absolute Gasteiger partial charge is 0.468 e. The molecule has 1 aromatic carbocycles. The molecule has 126 valence electrons. The molecule has 0 aromatic heterocycles. The van der Waals surface area contributed by atoms with Gasteiger partial charge in [0.25, 0.3) is 0 Å². The van der Waals surface area contributed by atoms with Gasteiger partial charge in [-0.2, -0.15) is 0 Å². The molecule has 0 aliphatic heterocycles. The van der Waals surface area contributed by atoms with Crippen LogP contribution in [0.4, 0.5) is 0 Å². The molecule has 0 bridgehead atoms. The van der Waals surface area contributed by atoms with E-state index in [4.69, 9.17) is 9.47 Å². The minimum absolute atomic E-state index is 0.249.